The van der Waals surface area contributed by atoms with E-state index in [1.54, 1.807) is 36.4 Å². The van der Waals surface area contributed by atoms with Gasteiger partial charge in [-0.1, -0.05) is 24.3 Å². The Morgan fingerprint density at radius 2 is 1.12 bits per heavy atom. The van der Waals surface area contributed by atoms with Crippen molar-refractivity contribution in [2.45, 2.75) is 0 Å². The summed E-state index contributed by atoms with van der Waals surface area (Å²) in [5.41, 5.74) is 11.0. The summed E-state index contributed by atoms with van der Waals surface area (Å²) in [6.07, 6.45) is 1.24. The second-order valence-corrected chi connectivity index (χ2v) is 4.68. The Morgan fingerprint density at radius 1 is 0.760 bits per heavy atom. The van der Waals surface area contributed by atoms with E-state index in [9.17, 15) is 9.59 Å². The van der Waals surface area contributed by atoms with Gasteiger partial charge in [-0.15, -0.1) is 0 Å². The first-order valence-electron chi connectivity index (χ1n) is 7.67. The monoisotopic (exact) mass is 347 g/mol. The number of aldehydes is 2. The molecule has 0 fully saturated rings. The SMILES string of the molecule is NCCNCCN.O=Cc1ccccc1O.O=Cc1ccccc1O. The molecule has 0 spiro atoms. The number of benzene rings is 2. The summed E-state index contributed by atoms with van der Waals surface area (Å²) in [4.78, 5) is 20.1. The highest BCUT2D eigenvalue weighted by molar-refractivity contribution is 5.79. The first kappa shape index (κ1) is 22.3. The highest BCUT2D eigenvalue weighted by atomic mass is 16.3. The first-order valence-corrected chi connectivity index (χ1v) is 7.67. The number of nitrogens with two attached hydrogens (primary N) is 2. The zero-order valence-corrected chi connectivity index (χ0v) is 14.0. The highest BCUT2D eigenvalue weighted by Crippen LogP contribution is 2.12. The molecule has 0 unspecified atom stereocenters. The van der Waals surface area contributed by atoms with Crippen LogP contribution in [0.5, 0.6) is 11.5 Å². The minimum absolute atomic E-state index is 0.0347. The van der Waals surface area contributed by atoms with E-state index in [-0.39, 0.29) is 11.5 Å². The molecule has 0 saturated heterocycles. The molecule has 0 aliphatic carbocycles. The molecule has 2 aromatic rings. The minimum atomic E-state index is 0.0347. The predicted molar refractivity (Wildman–Crippen MR) is 98.0 cm³/mol. The summed E-state index contributed by atoms with van der Waals surface area (Å²) in [6.45, 7) is 3.13. The average molecular weight is 347 g/mol. The van der Waals surface area contributed by atoms with E-state index in [0.29, 0.717) is 36.8 Å². The van der Waals surface area contributed by atoms with E-state index in [4.69, 9.17) is 21.7 Å². The number of aromatic hydroxyl groups is 2. The topological polar surface area (TPSA) is 139 Å². The van der Waals surface area contributed by atoms with Gasteiger partial charge in [0, 0.05) is 26.2 Å². The molecule has 0 heterocycles. The lowest BCUT2D eigenvalue weighted by Crippen LogP contribution is -2.27. The summed E-state index contributed by atoms with van der Waals surface area (Å²) in [7, 11) is 0. The summed E-state index contributed by atoms with van der Waals surface area (Å²) >= 11 is 0. The van der Waals surface area contributed by atoms with Crippen molar-refractivity contribution in [1.29, 1.82) is 0 Å². The Labute approximate surface area is 147 Å². The number of para-hydroxylation sites is 2. The van der Waals surface area contributed by atoms with Gasteiger partial charge in [0.25, 0.3) is 0 Å². The number of nitrogens with one attached hydrogen (secondary N) is 1. The standard InChI is InChI=1S/2C7H6O2.C4H13N3/c2*8-5-6-3-1-2-4-7(6)9;5-1-3-7-4-2-6/h2*1-5,9H;7H,1-6H2. The fourth-order valence-electron chi connectivity index (χ4n) is 1.50. The van der Waals surface area contributed by atoms with Crippen LogP contribution in [0.3, 0.4) is 0 Å². The molecule has 0 aliphatic rings. The van der Waals surface area contributed by atoms with E-state index in [2.05, 4.69) is 5.32 Å². The van der Waals surface area contributed by atoms with Gasteiger partial charge in [0.2, 0.25) is 0 Å². The molecular weight excluding hydrogens is 322 g/mol. The zero-order chi connectivity index (χ0) is 18.9. The van der Waals surface area contributed by atoms with Gasteiger partial charge >= 0.3 is 0 Å². The fraction of sp³-hybridized carbons (Fsp3) is 0.222. The molecule has 7 nitrogen and oxygen atoms in total. The maximum Gasteiger partial charge on any atom is 0.153 e. The Bertz CT molecular complexity index is 567. The van der Waals surface area contributed by atoms with Crippen molar-refractivity contribution in [3.63, 3.8) is 0 Å². The minimum Gasteiger partial charge on any atom is -0.507 e. The van der Waals surface area contributed by atoms with Crippen LogP contribution < -0.4 is 16.8 Å². The van der Waals surface area contributed by atoms with Gasteiger partial charge in [-0.05, 0) is 24.3 Å². The molecule has 136 valence electrons. The van der Waals surface area contributed by atoms with Crippen LogP contribution in [0.2, 0.25) is 0 Å². The predicted octanol–water partition coefficient (Wildman–Crippen LogP) is 0.903. The third kappa shape index (κ3) is 10.6. The largest absolute Gasteiger partial charge is 0.507 e. The molecule has 0 saturated carbocycles. The Kier molecular flexibility index (Phi) is 13.2. The van der Waals surface area contributed by atoms with Crippen molar-refractivity contribution in [3.05, 3.63) is 59.7 Å². The molecule has 0 bridgehead atoms. The van der Waals surface area contributed by atoms with Gasteiger partial charge in [-0.3, -0.25) is 9.59 Å². The maximum absolute atomic E-state index is 10.1. The maximum atomic E-state index is 10.1. The lowest BCUT2D eigenvalue weighted by atomic mass is 10.2. The van der Waals surface area contributed by atoms with Crippen molar-refractivity contribution in [2.75, 3.05) is 26.2 Å². The number of hydrogen-bond acceptors (Lipinski definition) is 7. The van der Waals surface area contributed by atoms with E-state index in [0.717, 1.165) is 13.1 Å². The van der Waals surface area contributed by atoms with Gasteiger partial charge in [0.15, 0.2) is 12.6 Å². The number of carbonyl (C=O) groups is 2. The Morgan fingerprint density at radius 3 is 1.36 bits per heavy atom. The third-order valence-corrected chi connectivity index (χ3v) is 2.77. The molecule has 25 heavy (non-hydrogen) atoms. The Balaban J connectivity index is 0.000000350. The second-order valence-electron chi connectivity index (χ2n) is 4.68. The Hall–Kier alpha value is -2.74. The molecule has 0 aromatic heterocycles. The quantitative estimate of drug-likeness (QED) is 0.386. The number of carbonyl (C=O) groups excluding carboxylic acids is 2. The third-order valence-electron chi connectivity index (χ3n) is 2.77. The van der Waals surface area contributed by atoms with Crippen LogP contribution in [-0.2, 0) is 0 Å². The second kappa shape index (κ2) is 14.8. The first-order chi connectivity index (χ1) is 12.1. The molecule has 7 N–H and O–H groups in total. The zero-order valence-electron chi connectivity index (χ0n) is 14.0. The summed E-state index contributed by atoms with van der Waals surface area (Å²) in [5.74, 6) is 0.0694. The van der Waals surface area contributed by atoms with E-state index < -0.39 is 0 Å². The van der Waals surface area contributed by atoms with E-state index in [1.807, 2.05) is 0 Å². The average Bonchev–Trinajstić information content (AvgIpc) is 2.64. The molecule has 2 aromatic carbocycles. The fourth-order valence-corrected chi connectivity index (χ4v) is 1.50. The van der Waals surface area contributed by atoms with Gasteiger partial charge in [0.1, 0.15) is 11.5 Å². The van der Waals surface area contributed by atoms with Crippen molar-refractivity contribution < 1.29 is 19.8 Å². The van der Waals surface area contributed by atoms with Crippen molar-refractivity contribution in [1.82, 2.24) is 5.32 Å². The lowest BCUT2D eigenvalue weighted by molar-refractivity contribution is 0.111. The summed E-state index contributed by atoms with van der Waals surface area (Å²) < 4.78 is 0. The van der Waals surface area contributed by atoms with Crippen LogP contribution in [0, 0.1) is 0 Å². The van der Waals surface area contributed by atoms with Gasteiger partial charge in [-0.2, -0.15) is 0 Å². The van der Waals surface area contributed by atoms with E-state index >= 15 is 0 Å². The van der Waals surface area contributed by atoms with E-state index in [1.165, 1.54) is 12.1 Å². The number of phenols is 2. The van der Waals surface area contributed by atoms with Gasteiger partial charge in [-0.25, -0.2) is 0 Å². The molecule has 0 radical (unpaired) electrons. The van der Waals surface area contributed by atoms with Crippen molar-refractivity contribution >= 4 is 12.6 Å². The summed E-state index contributed by atoms with van der Waals surface area (Å²) in [5, 5.41) is 20.8. The smallest absolute Gasteiger partial charge is 0.153 e. The molecule has 2 rings (SSSR count). The number of hydrogen-bond donors (Lipinski definition) is 5. The van der Waals surface area contributed by atoms with Gasteiger partial charge < -0.3 is 27.0 Å². The van der Waals surface area contributed by atoms with Crippen LogP contribution in [0.25, 0.3) is 0 Å². The summed E-state index contributed by atoms with van der Waals surface area (Å²) in [6, 6.07) is 12.8. The molecule has 0 aliphatic heterocycles. The van der Waals surface area contributed by atoms with Crippen LogP contribution in [0.15, 0.2) is 48.5 Å². The van der Waals surface area contributed by atoms with Gasteiger partial charge in [0.05, 0.1) is 11.1 Å². The highest BCUT2D eigenvalue weighted by Gasteiger charge is 1.93. The lowest BCUT2D eigenvalue weighted by Gasteiger charge is -1.95. The molecule has 0 atom stereocenters. The molecular formula is C18H25N3O4. The van der Waals surface area contributed by atoms with Crippen molar-refractivity contribution in [2.24, 2.45) is 11.5 Å². The molecule has 7 heteroatoms. The van der Waals surface area contributed by atoms with Crippen LogP contribution in [0.4, 0.5) is 0 Å². The van der Waals surface area contributed by atoms with Crippen LogP contribution >= 0.6 is 0 Å². The van der Waals surface area contributed by atoms with Crippen molar-refractivity contribution in [3.8, 4) is 11.5 Å². The normalized spacial score (nSPS) is 9.04. The number of phenolic OH excluding ortho intramolecular Hbond substituents is 2. The molecule has 0 amide bonds. The van der Waals surface area contributed by atoms with Crippen LogP contribution in [-0.4, -0.2) is 49.0 Å². The number of rotatable bonds is 6. The van der Waals surface area contributed by atoms with Crippen LogP contribution in [0.1, 0.15) is 20.7 Å².